The van der Waals surface area contributed by atoms with Gasteiger partial charge in [-0.2, -0.15) is 0 Å². The molecule has 5 heteroatoms. The van der Waals surface area contributed by atoms with E-state index in [0.717, 1.165) is 0 Å². The van der Waals surface area contributed by atoms with Crippen molar-refractivity contribution in [1.82, 2.24) is 4.98 Å². The van der Waals surface area contributed by atoms with Gasteiger partial charge < -0.3 is 9.47 Å². The summed E-state index contributed by atoms with van der Waals surface area (Å²) in [4.78, 5) is 16.1. The lowest BCUT2D eigenvalue weighted by Gasteiger charge is -2.12. The first-order valence-corrected chi connectivity index (χ1v) is 5.90. The van der Waals surface area contributed by atoms with Gasteiger partial charge in [-0.15, -0.1) is 0 Å². The Morgan fingerprint density at radius 2 is 2.16 bits per heavy atom. The van der Waals surface area contributed by atoms with Crippen LogP contribution in [0, 0.1) is 12.7 Å². The van der Waals surface area contributed by atoms with E-state index in [4.69, 9.17) is 9.47 Å². The number of hydrogen-bond acceptors (Lipinski definition) is 4. The van der Waals surface area contributed by atoms with E-state index in [0.29, 0.717) is 16.5 Å². The van der Waals surface area contributed by atoms with E-state index in [1.807, 2.05) is 0 Å². The lowest BCUT2D eigenvalue weighted by Crippen LogP contribution is -2.11. The first-order valence-electron chi connectivity index (χ1n) is 5.90. The molecule has 0 saturated heterocycles. The van der Waals surface area contributed by atoms with E-state index in [1.54, 1.807) is 26.0 Å². The highest BCUT2D eigenvalue weighted by Gasteiger charge is 2.22. The first-order chi connectivity index (χ1) is 9.10. The number of carbonyl (C=O) groups excluding carboxylic acids is 1. The van der Waals surface area contributed by atoms with Gasteiger partial charge in [-0.3, -0.25) is 0 Å². The van der Waals surface area contributed by atoms with Crippen molar-refractivity contribution in [3.05, 3.63) is 35.1 Å². The molecule has 0 unspecified atom stereocenters. The minimum absolute atomic E-state index is 0.147. The minimum atomic E-state index is -0.561. The fraction of sp³-hybridized carbons (Fsp3) is 0.286. The van der Waals surface area contributed by atoms with Crippen LogP contribution in [0.25, 0.3) is 10.9 Å². The SMILES string of the molecule is CCOC(=O)c1c(OC)nc2cccc(F)c2c1C. The Kier molecular flexibility index (Phi) is 3.64. The number of nitrogens with zero attached hydrogens (tertiary/aromatic N) is 1. The molecule has 0 atom stereocenters. The van der Waals surface area contributed by atoms with Crippen LogP contribution >= 0.6 is 0 Å². The number of methoxy groups -OCH3 is 1. The maximum absolute atomic E-state index is 13.9. The number of aryl methyl sites for hydroxylation is 1. The third-order valence-electron chi connectivity index (χ3n) is 2.85. The van der Waals surface area contributed by atoms with Crippen LogP contribution in [0.3, 0.4) is 0 Å². The van der Waals surface area contributed by atoms with Crippen molar-refractivity contribution in [2.45, 2.75) is 13.8 Å². The van der Waals surface area contributed by atoms with E-state index in [9.17, 15) is 9.18 Å². The normalized spacial score (nSPS) is 10.5. The van der Waals surface area contributed by atoms with Gasteiger partial charge >= 0.3 is 5.97 Å². The molecule has 0 aliphatic rings. The number of hydrogen-bond donors (Lipinski definition) is 0. The second kappa shape index (κ2) is 5.22. The molecule has 0 fully saturated rings. The zero-order chi connectivity index (χ0) is 14.0. The number of ether oxygens (including phenoxy) is 2. The average molecular weight is 263 g/mol. The molecule has 1 heterocycles. The molecule has 0 amide bonds. The van der Waals surface area contributed by atoms with Crippen LogP contribution in [0.1, 0.15) is 22.8 Å². The fourth-order valence-corrected chi connectivity index (χ4v) is 2.02. The van der Waals surface area contributed by atoms with Crippen molar-refractivity contribution >= 4 is 16.9 Å². The maximum Gasteiger partial charge on any atom is 0.343 e. The number of pyridine rings is 1. The molecule has 1 aromatic carbocycles. The zero-order valence-electron chi connectivity index (χ0n) is 11.0. The third kappa shape index (κ3) is 2.23. The van der Waals surface area contributed by atoms with Gasteiger partial charge in [0, 0.05) is 5.39 Å². The molecule has 19 heavy (non-hydrogen) atoms. The van der Waals surface area contributed by atoms with Crippen LogP contribution in [0.5, 0.6) is 5.88 Å². The number of rotatable bonds is 3. The van der Waals surface area contributed by atoms with Gasteiger partial charge in [0.2, 0.25) is 5.88 Å². The number of esters is 1. The zero-order valence-corrected chi connectivity index (χ0v) is 11.0. The molecule has 1 aromatic heterocycles. The van der Waals surface area contributed by atoms with Crippen molar-refractivity contribution in [3.63, 3.8) is 0 Å². The Hall–Kier alpha value is -2.17. The molecule has 0 radical (unpaired) electrons. The molecule has 0 bridgehead atoms. The number of benzene rings is 1. The summed E-state index contributed by atoms with van der Waals surface area (Å²) < 4.78 is 23.9. The van der Waals surface area contributed by atoms with E-state index in [1.165, 1.54) is 13.2 Å². The summed E-state index contributed by atoms with van der Waals surface area (Å²) in [5.74, 6) is -0.834. The number of aromatic nitrogens is 1. The van der Waals surface area contributed by atoms with E-state index in [-0.39, 0.29) is 18.1 Å². The highest BCUT2D eigenvalue weighted by molar-refractivity contribution is 5.99. The van der Waals surface area contributed by atoms with E-state index in [2.05, 4.69) is 4.98 Å². The fourth-order valence-electron chi connectivity index (χ4n) is 2.02. The molecule has 0 N–H and O–H groups in total. The smallest absolute Gasteiger partial charge is 0.343 e. The summed E-state index contributed by atoms with van der Waals surface area (Å²) in [5, 5.41) is 0.311. The largest absolute Gasteiger partial charge is 0.480 e. The highest BCUT2D eigenvalue weighted by atomic mass is 19.1. The van der Waals surface area contributed by atoms with Crippen molar-refractivity contribution in [2.24, 2.45) is 0 Å². The lowest BCUT2D eigenvalue weighted by atomic mass is 10.0. The maximum atomic E-state index is 13.9. The minimum Gasteiger partial charge on any atom is -0.480 e. The third-order valence-corrected chi connectivity index (χ3v) is 2.85. The van der Waals surface area contributed by atoms with Crippen molar-refractivity contribution in [3.8, 4) is 5.88 Å². The Morgan fingerprint density at radius 3 is 2.79 bits per heavy atom. The van der Waals surface area contributed by atoms with Gasteiger partial charge in [-0.1, -0.05) is 6.07 Å². The predicted molar refractivity (Wildman–Crippen MR) is 68.9 cm³/mol. The second-order valence-electron chi connectivity index (χ2n) is 3.98. The molecule has 0 aliphatic heterocycles. The number of fused-ring (bicyclic) bond motifs is 1. The van der Waals surface area contributed by atoms with Gasteiger partial charge in [0.05, 0.1) is 19.2 Å². The standard InChI is InChI=1S/C14H14FNO3/c1-4-19-14(17)12-8(2)11-9(15)6-5-7-10(11)16-13(12)18-3/h5-7H,4H2,1-3H3. The van der Waals surface area contributed by atoms with Crippen LogP contribution in [0.4, 0.5) is 4.39 Å². The number of carbonyl (C=O) groups is 1. The van der Waals surface area contributed by atoms with Crippen LogP contribution in [0.2, 0.25) is 0 Å². The molecule has 0 aliphatic carbocycles. The average Bonchev–Trinajstić information content (AvgIpc) is 2.38. The molecule has 0 spiro atoms. The van der Waals surface area contributed by atoms with Crippen molar-refractivity contribution in [2.75, 3.05) is 13.7 Å². The molecule has 100 valence electrons. The van der Waals surface area contributed by atoms with Crippen LogP contribution < -0.4 is 4.74 Å². The lowest BCUT2D eigenvalue weighted by molar-refractivity contribution is 0.0521. The highest BCUT2D eigenvalue weighted by Crippen LogP contribution is 2.29. The predicted octanol–water partition coefficient (Wildman–Crippen LogP) is 2.87. The van der Waals surface area contributed by atoms with Crippen LogP contribution in [-0.4, -0.2) is 24.7 Å². The molecule has 2 rings (SSSR count). The molecule has 2 aromatic rings. The van der Waals surface area contributed by atoms with Crippen LogP contribution in [-0.2, 0) is 4.74 Å². The summed E-state index contributed by atoms with van der Waals surface area (Å²) in [6.07, 6.45) is 0. The Labute approximate surface area is 110 Å². The topological polar surface area (TPSA) is 48.4 Å². The molecular formula is C14H14FNO3. The van der Waals surface area contributed by atoms with Gasteiger partial charge in [0.1, 0.15) is 11.4 Å². The number of halogens is 1. The van der Waals surface area contributed by atoms with Gasteiger partial charge in [-0.25, -0.2) is 14.2 Å². The summed E-state index contributed by atoms with van der Waals surface area (Å²) in [6.45, 7) is 3.59. The van der Waals surface area contributed by atoms with E-state index < -0.39 is 11.8 Å². The Bertz CT molecular complexity index is 640. The van der Waals surface area contributed by atoms with E-state index >= 15 is 0 Å². The quantitative estimate of drug-likeness (QED) is 0.799. The van der Waals surface area contributed by atoms with Gasteiger partial charge in [0.25, 0.3) is 0 Å². The first kappa shape index (κ1) is 13.3. The summed E-state index contributed by atoms with van der Waals surface area (Å²) in [5.41, 5.74) is 1.09. The van der Waals surface area contributed by atoms with Gasteiger partial charge in [-0.05, 0) is 31.5 Å². The van der Waals surface area contributed by atoms with Crippen LogP contribution in [0.15, 0.2) is 18.2 Å². The Balaban J connectivity index is 2.78. The molecule has 4 nitrogen and oxygen atoms in total. The second-order valence-corrected chi connectivity index (χ2v) is 3.98. The summed E-state index contributed by atoms with van der Waals surface area (Å²) in [6, 6.07) is 4.56. The Morgan fingerprint density at radius 1 is 1.42 bits per heavy atom. The molecule has 0 saturated carbocycles. The monoisotopic (exact) mass is 263 g/mol. The van der Waals surface area contributed by atoms with Gasteiger partial charge in [0.15, 0.2) is 0 Å². The van der Waals surface area contributed by atoms with Crippen molar-refractivity contribution in [1.29, 1.82) is 0 Å². The van der Waals surface area contributed by atoms with Crippen molar-refractivity contribution < 1.29 is 18.7 Å². The molecular weight excluding hydrogens is 249 g/mol. The summed E-state index contributed by atoms with van der Waals surface area (Å²) in [7, 11) is 1.41. The summed E-state index contributed by atoms with van der Waals surface area (Å²) >= 11 is 0.